The van der Waals surface area contributed by atoms with Gasteiger partial charge in [0.1, 0.15) is 10.0 Å². The summed E-state index contributed by atoms with van der Waals surface area (Å²) < 4.78 is 81.9. The summed E-state index contributed by atoms with van der Waals surface area (Å²) in [5, 5.41) is 11.6. The quantitative estimate of drug-likeness (QED) is 0.468. The molecule has 4 rings (SSSR count). The van der Waals surface area contributed by atoms with E-state index >= 15 is 0 Å². The van der Waals surface area contributed by atoms with Crippen molar-refractivity contribution in [3.63, 3.8) is 0 Å². The van der Waals surface area contributed by atoms with Gasteiger partial charge in [0, 0.05) is 31.4 Å². The maximum Gasteiger partial charge on any atom is 0.421 e. The van der Waals surface area contributed by atoms with Gasteiger partial charge in [-0.1, -0.05) is 36.4 Å². The Balaban J connectivity index is 1.65. The topological polar surface area (TPSA) is 60.9 Å². The summed E-state index contributed by atoms with van der Waals surface area (Å²) in [6, 6.07) is 14.3. The van der Waals surface area contributed by atoms with E-state index in [1.54, 1.807) is 29.6 Å². The van der Waals surface area contributed by atoms with Crippen LogP contribution in [0.15, 0.2) is 70.3 Å². The first-order chi connectivity index (χ1) is 16.4. The van der Waals surface area contributed by atoms with E-state index in [9.17, 15) is 31.1 Å². The average molecular weight is 529 g/mol. The molecule has 0 saturated carbocycles. The molecule has 2 atom stereocenters. The maximum atomic E-state index is 14.4. The Kier molecular flexibility index (Phi) is 6.98. The van der Waals surface area contributed by atoms with E-state index in [1.165, 1.54) is 40.7 Å². The number of hydrogen-bond donors (Lipinski definition) is 1. The lowest BCUT2D eigenvalue weighted by molar-refractivity contribution is -0.258. The summed E-state index contributed by atoms with van der Waals surface area (Å²) in [5.74, 6) is -0.415. The molecule has 0 bridgehead atoms. The molecule has 1 aliphatic rings. The lowest BCUT2D eigenvalue weighted by Gasteiger charge is -2.42. The number of anilines is 1. The number of benzene rings is 2. The Morgan fingerprint density at radius 2 is 1.71 bits per heavy atom. The number of aliphatic hydroxyl groups is 1. The molecule has 11 heteroatoms. The van der Waals surface area contributed by atoms with Crippen LogP contribution < -0.4 is 4.90 Å². The van der Waals surface area contributed by atoms with Gasteiger partial charge >= 0.3 is 6.18 Å². The minimum Gasteiger partial charge on any atom is -0.376 e. The van der Waals surface area contributed by atoms with Crippen LogP contribution in [-0.2, 0) is 22.0 Å². The molecule has 1 fully saturated rings. The first kappa shape index (κ1) is 25.6. The average Bonchev–Trinajstić information content (AvgIpc) is 3.36. The number of rotatable bonds is 6. The van der Waals surface area contributed by atoms with Gasteiger partial charge in [-0.2, -0.15) is 17.5 Å². The fourth-order valence-electron chi connectivity index (χ4n) is 4.16. The van der Waals surface area contributed by atoms with Crippen LogP contribution >= 0.6 is 11.3 Å². The minimum atomic E-state index is -4.84. The third-order valence-electron chi connectivity index (χ3n) is 6.26. The molecule has 35 heavy (non-hydrogen) atoms. The molecule has 188 valence electrons. The van der Waals surface area contributed by atoms with Crippen molar-refractivity contribution >= 4 is 27.0 Å². The highest BCUT2D eigenvalue weighted by Gasteiger charge is 2.51. The summed E-state index contributed by atoms with van der Waals surface area (Å²) in [6.45, 7) is 1.20. The molecule has 0 amide bonds. The van der Waals surface area contributed by atoms with E-state index in [0.29, 0.717) is 18.2 Å². The normalized spacial score (nSPS) is 19.5. The molecule has 0 radical (unpaired) electrons. The van der Waals surface area contributed by atoms with Crippen LogP contribution in [0.4, 0.5) is 23.2 Å². The number of hydrogen-bond acceptors (Lipinski definition) is 5. The third kappa shape index (κ3) is 5.09. The van der Waals surface area contributed by atoms with Crippen LogP contribution in [0.5, 0.6) is 0 Å². The molecule has 3 aromatic rings. The number of alkyl halides is 3. The zero-order valence-electron chi connectivity index (χ0n) is 18.7. The van der Waals surface area contributed by atoms with Crippen LogP contribution in [0.2, 0.25) is 0 Å². The largest absolute Gasteiger partial charge is 0.421 e. The minimum absolute atomic E-state index is 0.0799. The third-order valence-corrected chi connectivity index (χ3v) is 9.50. The van der Waals surface area contributed by atoms with Gasteiger partial charge in [0.25, 0.3) is 10.0 Å². The molecular formula is C24H24F4N2O3S2. The molecule has 2 aromatic carbocycles. The summed E-state index contributed by atoms with van der Waals surface area (Å²) in [6.07, 6.45) is -4.64. The lowest BCUT2D eigenvalue weighted by atomic mass is 9.94. The summed E-state index contributed by atoms with van der Waals surface area (Å²) in [5.41, 5.74) is -2.35. The fourth-order valence-corrected chi connectivity index (χ4v) is 6.77. The number of sulfonamides is 1. The molecule has 5 nitrogen and oxygen atoms in total. The van der Waals surface area contributed by atoms with Gasteiger partial charge in [0.15, 0.2) is 5.60 Å². The molecule has 1 saturated heterocycles. The molecular weight excluding hydrogens is 504 g/mol. The lowest BCUT2D eigenvalue weighted by Crippen LogP contribution is -2.55. The Morgan fingerprint density at radius 1 is 1.03 bits per heavy atom. The maximum absolute atomic E-state index is 14.4. The van der Waals surface area contributed by atoms with Gasteiger partial charge in [-0.05, 0) is 54.1 Å². The molecule has 1 N–H and O–H groups in total. The van der Waals surface area contributed by atoms with E-state index in [2.05, 4.69) is 0 Å². The summed E-state index contributed by atoms with van der Waals surface area (Å²) >= 11 is 1.12. The second-order valence-corrected chi connectivity index (χ2v) is 11.7. The predicted octanol–water partition coefficient (Wildman–Crippen LogP) is 4.78. The SMILES string of the molecule is C[C@@](O)(c1ccc(N2CCN(S(=O)(=O)c3cccs3)C[C@@H]2Cc2ccccc2F)cc1)C(F)(F)F. The second kappa shape index (κ2) is 9.53. The Morgan fingerprint density at radius 3 is 2.31 bits per heavy atom. The van der Waals surface area contributed by atoms with Gasteiger partial charge in [-0.3, -0.25) is 0 Å². The van der Waals surface area contributed by atoms with Gasteiger partial charge in [0.05, 0.1) is 0 Å². The molecule has 1 aromatic heterocycles. The molecule has 1 aliphatic heterocycles. The van der Waals surface area contributed by atoms with Crippen LogP contribution in [-0.4, -0.2) is 49.7 Å². The van der Waals surface area contributed by atoms with E-state index in [4.69, 9.17) is 0 Å². The number of halogens is 4. The predicted molar refractivity (Wildman–Crippen MR) is 126 cm³/mol. The van der Waals surface area contributed by atoms with Crippen molar-refractivity contribution in [3.05, 3.63) is 83.0 Å². The van der Waals surface area contributed by atoms with E-state index < -0.39 is 33.7 Å². The zero-order valence-corrected chi connectivity index (χ0v) is 20.4. The highest BCUT2D eigenvalue weighted by molar-refractivity contribution is 7.91. The number of nitrogens with zero attached hydrogens (tertiary/aromatic N) is 2. The van der Waals surface area contributed by atoms with Gasteiger partial charge < -0.3 is 10.0 Å². The van der Waals surface area contributed by atoms with Crippen molar-refractivity contribution in [1.29, 1.82) is 0 Å². The number of piperazine rings is 1. The fraction of sp³-hybridized carbons (Fsp3) is 0.333. The smallest absolute Gasteiger partial charge is 0.376 e. The Bertz CT molecular complexity index is 1260. The highest BCUT2D eigenvalue weighted by Crippen LogP contribution is 2.39. The van der Waals surface area contributed by atoms with Gasteiger partial charge in [-0.25, -0.2) is 12.8 Å². The first-order valence-electron chi connectivity index (χ1n) is 10.8. The van der Waals surface area contributed by atoms with Crippen molar-refractivity contribution in [2.24, 2.45) is 0 Å². The standard InChI is InChI=1S/C24H24F4N2O3S2/c1-23(31,24(26,27)28)18-8-10-19(11-9-18)30-13-12-29(35(32,33)22-7-4-14-34-22)16-20(30)15-17-5-2-3-6-21(17)25/h2-11,14,20,31H,12-13,15-16H2,1H3/t20-,23+/m0/s1. The van der Waals surface area contributed by atoms with E-state index in [1.807, 2.05) is 4.90 Å². The van der Waals surface area contributed by atoms with Crippen LogP contribution in [0.1, 0.15) is 18.1 Å². The van der Waals surface area contributed by atoms with Crippen molar-refractivity contribution in [2.75, 3.05) is 24.5 Å². The molecule has 0 unspecified atom stereocenters. The van der Waals surface area contributed by atoms with E-state index in [0.717, 1.165) is 11.3 Å². The van der Waals surface area contributed by atoms with Crippen LogP contribution in [0.25, 0.3) is 0 Å². The number of thiophene rings is 1. The monoisotopic (exact) mass is 528 g/mol. The van der Waals surface area contributed by atoms with Crippen molar-refractivity contribution in [2.45, 2.75) is 35.4 Å². The summed E-state index contributed by atoms with van der Waals surface area (Å²) in [4.78, 5) is 1.87. The van der Waals surface area contributed by atoms with Gasteiger partial charge in [-0.15, -0.1) is 11.3 Å². The Labute approximate surface area is 205 Å². The highest BCUT2D eigenvalue weighted by atomic mass is 32.2. The molecule has 0 spiro atoms. The first-order valence-corrected chi connectivity index (χ1v) is 13.2. The van der Waals surface area contributed by atoms with Crippen molar-refractivity contribution in [1.82, 2.24) is 4.31 Å². The second-order valence-electron chi connectivity index (χ2n) is 8.55. The van der Waals surface area contributed by atoms with Crippen molar-refractivity contribution < 1.29 is 31.1 Å². The molecule has 0 aliphatic carbocycles. The Hall–Kier alpha value is -2.47. The zero-order chi connectivity index (χ0) is 25.4. The molecule has 2 heterocycles. The van der Waals surface area contributed by atoms with Crippen LogP contribution in [0.3, 0.4) is 0 Å². The van der Waals surface area contributed by atoms with Gasteiger partial charge in [0.2, 0.25) is 0 Å². The van der Waals surface area contributed by atoms with Crippen molar-refractivity contribution in [3.8, 4) is 0 Å². The summed E-state index contributed by atoms with van der Waals surface area (Å²) in [7, 11) is -3.73. The van der Waals surface area contributed by atoms with E-state index in [-0.39, 0.29) is 35.8 Å². The van der Waals surface area contributed by atoms with Crippen LogP contribution in [0, 0.1) is 5.82 Å².